The number of aliphatic carboxylic acids is 1. The van der Waals surface area contributed by atoms with E-state index in [2.05, 4.69) is 17.1 Å². The van der Waals surface area contributed by atoms with Crippen LogP contribution in [0.25, 0.3) is 0 Å². The van der Waals surface area contributed by atoms with Gasteiger partial charge in [0.1, 0.15) is 0 Å². The van der Waals surface area contributed by atoms with Gasteiger partial charge in [-0.3, -0.25) is 9.69 Å². The SMILES string of the molecule is O=C(O)CCC/C=C\CC1C(Cl)CCN1CCCC(O)C1(CC2CC2)CCC1. The molecule has 0 aromatic rings. The average molecular weight is 412 g/mol. The molecule has 0 amide bonds. The molecule has 0 radical (unpaired) electrons. The molecule has 3 unspecified atom stereocenters. The molecule has 3 fully saturated rings. The number of alkyl halides is 1. The Labute approximate surface area is 175 Å². The van der Waals surface area contributed by atoms with E-state index in [9.17, 15) is 9.90 Å². The number of hydrogen-bond acceptors (Lipinski definition) is 3. The molecular weight excluding hydrogens is 374 g/mol. The highest BCUT2D eigenvalue weighted by molar-refractivity contribution is 6.21. The minimum Gasteiger partial charge on any atom is -0.481 e. The van der Waals surface area contributed by atoms with Crippen molar-refractivity contribution in [2.24, 2.45) is 11.3 Å². The van der Waals surface area contributed by atoms with Crippen LogP contribution in [-0.4, -0.2) is 51.7 Å². The predicted octanol–water partition coefficient (Wildman–Crippen LogP) is 4.98. The maximum absolute atomic E-state index is 10.9. The third-order valence-corrected chi connectivity index (χ3v) is 7.76. The van der Waals surface area contributed by atoms with Gasteiger partial charge in [-0.15, -0.1) is 11.6 Å². The number of rotatable bonds is 13. The summed E-state index contributed by atoms with van der Waals surface area (Å²) in [4.78, 5) is 13.1. The molecule has 28 heavy (non-hydrogen) atoms. The van der Waals surface area contributed by atoms with Crippen molar-refractivity contribution in [1.29, 1.82) is 0 Å². The van der Waals surface area contributed by atoms with Gasteiger partial charge in [0.15, 0.2) is 0 Å². The number of allylic oxidation sites excluding steroid dienone is 1. The molecule has 4 nitrogen and oxygen atoms in total. The Bertz CT molecular complexity index is 530. The first-order valence-electron chi connectivity index (χ1n) is 11.4. The first kappa shape index (κ1) is 22.1. The van der Waals surface area contributed by atoms with Crippen LogP contribution in [0.1, 0.15) is 83.5 Å². The lowest BCUT2D eigenvalue weighted by Gasteiger charge is -2.46. The highest BCUT2D eigenvalue weighted by Crippen LogP contribution is 2.53. The van der Waals surface area contributed by atoms with E-state index in [1.807, 2.05) is 0 Å². The van der Waals surface area contributed by atoms with Crippen molar-refractivity contribution in [1.82, 2.24) is 4.90 Å². The van der Waals surface area contributed by atoms with Crippen molar-refractivity contribution < 1.29 is 15.0 Å². The second-order valence-electron chi connectivity index (χ2n) is 9.42. The number of likely N-dealkylation sites (tertiary alicyclic amines) is 1. The molecule has 5 heteroatoms. The number of carbonyl (C=O) groups is 1. The monoisotopic (exact) mass is 411 g/mol. The van der Waals surface area contributed by atoms with Crippen molar-refractivity contribution >= 4 is 17.6 Å². The first-order valence-corrected chi connectivity index (χ1v) is 11.9. The van der Waals surface area contributed by atoms with Crippen molar-refractivity contribution in [2.45, 2.75) is 101 Å². The summed E-state index contributed by atoms with van der Waals surface area (Å²) in [6, 6.07) is 0.374. The van der Waals surface area contributed by atoms with Gasteiger partial charge in [-0.1, -0.05) is 31.4 Å². The molecule has 3 atom stereocenters. The third-order valence-electron chi connectivity index (χ3n) is 7.26. The Morgan fingerprint density at radius 3 is 2.64 bits per heavy atom. The molecule has 3 rings (SSSR count). The van der Waals surface area contributed by atoms with E-state index in [1.54, 1.807) is 0 Å². The number of carboxylic acid groups (broad SMARTS) is 1. The lowest BCUT2D eigenvalue weighted by Crippen LogP contribution is -2.42. The largest absolute Gasteiger partial charge is 0.481 e. The summed E-state index contributed by atoms with van der Waals surface area (Å²) < 4.78 is 0. The van der Waals surface area contributed by atoms with Crippen LogP contribution in [0.4, 0.5) is 0 Å². The van der Waals surface area contributed by atoms with E-state index in [4.69, 9.17) is 16.7 Å². The topological polar surface area (TPSA) is 60.8 Å². The second-order valence-corrected chi connectivity index (χ2v) is 9.98. The number of carboxylic acids is 1. The van der Waals surface area contributed by atoms with E-state index in [1.165, 1.54) is 38.5 Å². The van der Waals surface area contributed by atoms with Gasteiger partial charge < -0.3 is 10.2 Å². The van der Waals surface area contributed by atoms with Crippen LogP contribution in [0.5, 0.6) is 0 Å². The fourth-order valence-corrected chi connectivity index (χ4v) is 5.53. The number of hydrogen-bond donors (Lipinski definition) is 2. The number of nitrogens with zero attached hydrogens (tertiary/aromatic N) is 1. The Balaban J connectivity index is 1.36. The molecule has 0 bridgehead atoms. The molecule has 0 aromatic heterocycles. The lowest BCUT2D eigenvalue weighted by atomic mass is 9.61. The molecule has 2 N–H and O–H groups in total. The number of unbranched alkanes of at least 4 members (excludes halogenated alkanes) is 1. The summed E-state index contributed by atoms with van der Waals surface area (Å²) in [5.41, 5.74) is 0.249. The van der Waals surface area contributed by atoms with Gasteiger partial charge in [0, 0.05) is 12.5 Å². The van der Waals surface area contributed by atoms with Crippen molar-refractivity contribution in [3.63, 3.8) is 0 Å². The Hall–Kier alpha value is -0.580. The van der Waals surface area contributed by atoms with Crippen molar-refractivity contribution in [3.8, 4) is 0 Å². The van der Waals surface area contributed by atoms with Gasteiger partial charge in [0.05, 0.1) is 11.5 Å². The van der Waals surface area contributed by atoms with Crippen LogP contribution in [0.2, 0.25) is 0 Å². The molecule has 1 aliphatic heterocycles. The summed E-state index contributed by atoms with van der Waals surface area (Å²) in [6.07, 6.45) is 17.6. The van der Waals surface area contributed by atoms with Gasteiger partial charge in [-0.25, -0.2) is 0 Å². The molecule has 0 spiro atoms. The summed E-state index contributed by atoms with van der Waals surface area (Å²) in [5, 5.41) is 19.7. The molecule has 1 saturated heterocycles. The predicted molar refractivity (Wildman–Crippen MR) is 114 cm³/mol. The van der Waals surface area contributed by atoms with E-state index in [0.29, 0.717) is 12.5 Å². The van der Waals surface area contributed by atoms with E-state index in [0.717, 1.165) is 51.1 Å². The van der Waals surface area contributed by atoms with Crippen molar-refractivity contribution in [3.05, 3.63) is 12.2 Å². The quantitative estimate of drug-likeness (QED) is 0.255. The van der Waals surface area contributed by atoms with Gasteiger partial charge in [-0.2, -0.15) is 0 Å². The zero-order valence-electron chi connectivity index (χ0n) is 17.2. The molecule has 2 saturated carbocycles. The zero-order chi connectivity index (χ0) is 20.0. The summed E-state index contributed by atoms with van der Waals surface area (Å²) in [5.74, 6) is 0.177. The number of halogens is 1. The van der Waals surface area contributed by atoms with Gasteiger partial charge >= 0.3 is 5.97 Å². The first-order chi connectivity index (χ1) is 13.5. The number of aliphatic hydroxyl groups excluding tert-OH is 1. The zero-order valence-corrected chi connectivity index (χ0v) is 18.0. The standard InChI is InChI=1S/C23H38ClNO3/c24-19-12-16-25(20(19)7-3-1-2-4-9-22(27)28)15-5-8-21(26)23(13-6-14-23)17-18-10-11-18/h1,3,18-21,26H,2,4-17H2,(H,27,28)/b3-1-. The fraction of sp³-hybridized carbons (Fsp3) is 0.870. The smallest absolute Gasteiger partial charge is 0.303 e. The molecule has 160 valence electrons. The normalized spacial score (nSPS) is 28.5. The summed E-state index contributed by atoms with van der Waals surface area (Å²) in [7, 11) is 0. The maximum Gasteiger partial charge on any atom is 0.303 e. The summed E-state index contributed by atoms with van der Waals surface area (Å²) >= 11 is 6.56. The minimum absolute atomic E-state index is 0.121. The van der Waals surface area contributed by atoms with Crippen LogP contribution in [0, 0.1) is 11.3 Å². The maximum atomic E-state index is 10.9. The third kappa shape index (κ3) is 6.21. The van der Waals surface area contributed by atoms with E-state index in [-0.39, 0.29) is 23.3 Å². The molecule has 1 heterocycles. The van der Waals surface area contributed by atoms with Gasteiger partial charge in [-0.05, 0) is 82.2 Å². The molecule has 2 aliphatic carbocycles. The van der Waals surface area contributed by atoms with Gasteiger partial charge in [0.2, 0.25) is 0 Å². The van der Waals surface area contributed by atoms with E-state index < -0.39 is 5.97 Å². The van der Waals surface area contributed by atoms with Crippen LogP contribution in [-0.2, 0) is 4.79 Å². The van der Waals surface area contributed by atoms with Crippen LogP contribution in [0.3, 0.4) is 0 Å². The Morgan fingerprint density at radius 1 is 1.21 bits per heavy atom. The van der Waals surface area contributed by atoms with Crippen LogP contribution >= 0.6 is 11.6 Å². The van der Waals surface area contributed by atoms with Crippen molar-refractivity contribution in [2.75, 3.05) is 13.1 Å². The van der Waals surface area contributed by atoms with Crippen LogP contribution < -0.4 is 0 Å². The molecule has 3 aliphatic rings. The Kier molecular flexibility index (Phi) is 8.25. The Morgan fingerprint density at radius 2 is 2.00 bits per heavy atom. The lowest BCUT2D eigenvalue weighted by molar-refractivity contribution is -0.137. The fourth-order valence-electron chi connectivity index (χ4n) is 5.17. The number of aliphatic hydroxyl groups is 1. The average Bonchev–Trinajstić information content (AvgIpc) is 3.38. The highest BCUT2D eigenvalue weighted by atomic mass is 35.5. The van der Waals surface area contributed by atoms with Gasteiger partial charge in [0.25, 0.3) is 0 Å². The minimum atomic E-state index is -0.723. The highest BCUT2D eigenvalue weighted by Gasteiger charge is 2.46. The second kappa shape index (κ2) is 10.4. The molecule has 0 aromatic carbocycles. The van der Waals surface area contributed by atoms with Crippen LogP contribution in [0.15, 0.2) is 12.2 Å². The molecular formula is C23H38ClNO3. The van der Waals surface area contributed by atoms with E-state index >= 15 is 0 Å². The summed E-state index contributed by atoms with van der Waals surface area (Å²) in [6.45, 7) is 2.08.